The van der Waals surface area contributed by atoms with Crippen LogP contribution in [0.1, 0.15) is 24.2 Å². The van der Waals surface area contributed by atoms with Crippen molar-refractivity contribution in [3.8, 4) is 0 Å². The summed E-state index contributed by atoms with van der Waals surface area (Å²) in [5.74, 6) is 0.385. The SMILES string of the molecule is CC(C)CN(C)C(=O)c1ccncc1Cl. The Morgan fingerprint density at radius 1 is 1.60 bits per heavy atom. The van der Waals surface area contributed by atoms with Crippen molar-refractivity contribution in [1.29, 1.82) is 0 Å². The Morgan fingerprint density at radius 2 is 2.27 bits per heavy atom. The van der Waals surface area contributed by atoms with E-state index in [0.717, 1.165) is 6.54 Å². The second kappa shape index (κ2) is 5.12. The molecule has 0 radical (unpaired) electrons. The number of amides is 1. The zero-order valence-electron chi connectivity index (χ0n) is 9.20. The first-order valence-electron chi connectivity index (χ1n) is 4.87. The summed E-state index contributed by atoms with van der Waals surface area (Å²) >= 11 is 5.89. The summed E-state index contributed by atoms with van der Waals surface area (Å²) in [5, 5.41) is 0.401. The third kappa shape index (κ3) is 3.20. The molecule has 0 aliphatic rings. The summed E-state index contributed by atoms with van der Waals surface area (Å²) in [7, 11) is 1.78. The maximum absolute atomic E-state index is 11.9. The van der Waals surface area contributed by atoms with Crippen LogP contribution in [-0.2, 0) is 0 Å². The van der Waals surface area contributed by atoms with Crippen LogP contribution in [0.4, 0.5) is 0 Å². The van der Waals surface area contributed by atoms with Crippen LogP contribution in [0.3, 0.4) is 0 Å². The van der Waals surface area contributed by atoms with Crippen molar-refractivity contribution in [3.05, 3.63) is 29.0 Å². The number of hydrogen-bond donors (Lipinski definition) is 0. The zero-order chi connectivity index (χ0) is 11.4. The number of pyridine rings is 1. The molecule has 4 heteroatoms. The van der Waals surface area contributed by atoms with Crippen molar-refractivity contribution in [1.82, 2.24) is 9.88 Å². The Kier molecular flexibility index (Phi) is 4.09. The maximum Gasteiger partial charge on any atom is 0.255 e. The van der Waals surface area contributed by atoms with Gasteiger partial charge in [-0.05, 0) is 12.0 Å². The van der Waals surface area contributed by atoms with Crippen molar-refractivity contribution < 1.29 is 4.79 Å². The van der Waals surface area contributed by atoms with E-state index in [4.69, 9.17) is 11.6 Å². The first kappa shape index (κ1) is 12.0. The number of rotatable bonds is 3. The fourth-order valence-corrected chi connectivity index (χ4v) is 1.59. The molecule has 0 aliphatic carbocycles. The monoisotopic (exact) mass is 226 g/mol. The van der Waals surface area contributed by atoms with Crippen LogP contribution in [-0.4, -0.2) is 29.4 Å². The van der Waals surface area contributed by atoms with Gasteiger partial charge in [-0.25, -0.2) is 0 Å². The zero-order valence-corrected chi connectivity index (χ0v) is 9.95. The maximum atomic E-state index is 11.9. The third-order valence-electron chi connectivity index (χ3n) is 1.99. The van der Waals surface area contributed by atoms with E-state index in [9.17, 15) is 4.79 Å². The lowest BCUT2D eigenvalue weighted by Crippen LogP contribution is -2.30. The van der Waals surface area contributed by atoms with Gasteiger partial charge in [0.15, 0.2) is 0 Å². The van der Waals surface area contributed by atoms with Crippen molar-refractivity contribution in [2.24, 2.45) is 5.92 Å². The van der Waals surface area contributed by atoms with Crippen LogP contribution < -0.4 is 0 Å². The van der Waals surface area contributed by atoms with E-state index in [2.05, 4.69) is 18.8 Å². The van der Waals surface area contributed by atoms with Gasteiger partial charge in [-0.2, -0.15) is 0 Å². The molecule has 0 N–H and O–H groups in total. The fourth-order valence-electron chi connectivity index (χ4n) is 1.38. The first-order valence-corrected chi connectivity index (χ1v) is 5.25. The van der Waals surface area contributed by atoms with Gasteiger partial charge in [0.1, 0.15) is 0 Å². The molecule has 0 aromatic carbocycles. The van der Waals surface area contributed by atoms with E-state index in [0.29, 0.717) is 16.5 Å². The number of halogens is 1. The Bertz CT molecular complexity index is 352. The molecule has 0 unspecified atom stereocenters. The van der Waals surface area contributed by atoms with Gasteiger partial charge in [0.05, 0.1) is 10.6 Å². The summed E-state index contributed by atoms with van der Waals surface area (Å²) in [6.45, 7) is 4.85. The van der Waals surface area contributed by atoms with E-state index in [1.165, 1.54) is 6.20 Å². The van der Waals surface area contributed by atoms with Crippen molar-refractivity contribution >= 4 is 17.5 Å². The summed E-state index contributed by atoms with van der Waals surface area (Å²) in [5.41, 5.74) is 0.509. The third-order valence-corrected chi connectivity index (χ3v) is 2.29. The average Bonchev–Trinajstić information content (AvgIpc) is 2.16. The summed E-state index contributed by atoms with van der Waals surface area (Å²) in [6, 6.07) is 1.64. The highest BCUT2D eigenvalue weighted by atomic mass is 35.5. The highest BCUT2D eigenvalue weighted by Crippen LogP contribution is 2.15. The Hall–Kier alpha value is -1.09. The van der Waals surface area contributed by atoms with Gasteiger partial charge in [0.2, 0.25) is 0 Å². The minimum absolute atomic E-state index is 0.0592. The van der Waals surface area contributed by atoms with Crippen LogP contribution in [0.25, 0.3) is 0 Å². The van der Waals surface area contributed by atoms with Gasteiger partial charge < -0.3 is 4.90 Å². The number of hydrogen-bond acceptors (Lipinski definition) is 2. The summed E-state index contributed by atoms with van der Waals surface area (Å²) in [6.07, 6.45) is 3.06. The number of carbonyl (C=O) groups excluding carboxylic acids is 1. The standard InChI is InChI=1S/C11H15ClN2O/c1-8(2)7-14(3)11(15)9-4-5-13-6-10(9)12/h4-6,8H,7H2,1-3H3. The molecule has 1 aromatic rings. The van der Waals surface area contributed by atoms with Crippen molar-refractivity contribution in [2.45, 2.75) is 13.8 Å². The van der Waals surface area contributed by atoms with E-state index in [1.807, 2.05) is 0 Å². The highest BCUT2D eigenvalue weighted by molar-refractivity contribution is 6.33. The van der Waals surface area contributed by atoms with Crippen LogP contribution >= 0.6 is 11.6 Å². The molecule has 0 aliphatic heterocycles. The highest BCUT2D eigenvalue weighted by Gasteiger charge is 2.15. The van der Waals surface area contributed by atoms with Crippen LogP contribution in [0.5, 0.6) is 0 Å². The Balaban J connectivity index is 2.81. The molecular weight excluding hydrogens is 212 g/mol. The molecule has 1 rings (SSSR count). The molecule has 0 atom stereocenters. The Morgan fingerprint density at radius 3 is 2.80 bits per heavy atom. The molecule has 0 saturated carbocycles. The van der Waals surface area contributed by atoms with Crippen molar-refractivity contribution in [3.63, 3.8) is 0 Å². The quantitative estimate of drug-likeness (QED) is 0.793. The molecule has 82 valence electrons. The Labute approximate surface area is 95.1 Å². The predicted molar refractivity (Wildman–Crippen MR) is 61.0 cm³/mol. The molecule has 15 heavy (non-hydrogen) atoms. The minimum atomic E-state index is -0.0592. The first-order chi connectivity index (χ1) is 7.02. The second-order valence-electron chi connectivity index (χ2n) is 3.94. The number of aromatic nitrogens is 1. The summed E-state index contributed by atoms with van der Waals surface area (Å²) < 4.78 is 0. The molecule has 1 amide bonds. The summed E-state index contributed by atoms with van der Waals surface area (Å²) in [4.78, 5) is 17.4. The van der Waals surface area contributed by atoms with Gasteiger partial charge in [-0.3, -0.25) is 9.78 Å². The smallest absolute Gasteiger partial charge is 0.255 e. The lowest BCUT2D eigenvalue weighted by molar-refractivity contribution is 0.0779. The number of carbonyl (C=O) groups is 1. The van der Waals surface area contributed by atoms with E-state index >= 15 is 0 Å². The van der Waals surface area contributed by atoms with Gasteiger partial charge in [0, 0.05) is 26.0 Å². The van der Waals surface area contributed by atoms with Crippen LogP contribution in [0, 0.1) is 5.92 Å². The second-order valence-corrected chi connectivity index (χ2v) is 4.34. The average molecular weight is 227 g/mol. The lowest BCUT2D eigenvalue weighted by atomic mass is 10.2. The van der Waals surface area contributed by atoms with E-state index in [-0.39, 0.29) is 5.91 Å². The molecule has 1 aromatic heterocycles. The normalized spacial score (nSPS) is 10.5. The largest absolute Gasteiger partial charge is 0.341 e. The topological polar surface area (TPSA) is 33.2 Å². The van der Waals surface area contributed by atoms with Crippen LogP contribution in [0.15, 0.2) is 18.5 Å². The molecule has 1 heterocycles. The van der Waals surface area contributed by atoms with Crippen molar-refractivity contribution in [2.75, 3.05) is 13.6 Å². The van der Waals surface area contributed by atoms with Gasteiger partial charge in [-0.1, -0.05) is 25.4 Å². The minimum Gasteiger partial charge on any atom is -0.341 e. The van der Waals surface area contributed by atoms with E-state index < -0.39 is 0 Å². The predicted octanol–water partition coefficient (Wildman–Crippen LogP) is 2.46. The lowest BCUT2D eigenvalue weighted by Gasteiger charge is -2.19. The molecule has 0 fully saturated rings. The van der Waals surface area contributed by atoms with Crippen LogP contribution in [0.2, 0.25) is 5.02 Å². The molecule has 0 spiro atoms. The fraction of sp³-hybridized carbons (Fsp3) is 0.455. The number of nitrogens with zero attached hydrogens (tertiary/aromatic N) is 2. The van der Waals surface area contributed by atoms with Gasteiger partial charge >= 0.3 is 0 Å². The molecular formula is C11H15ClN2O. The molecule has 3 nitrogen and oxygen atoms in total. The van der Waals surface area contributed by atoms with Gasteiger partial charge in [0.25, 0.3) is 5.91 Å². The van der Waals surface area contributed by atoms with E-state index in [1.54, 1.807) is 24.2 Å². The molecule has 0 bridgehead atoms. The van der Waals surface area contributed by atoms with Gasteiger partial charge in [-0.15, -0.1) is 0 Å². The molecule has 0 saturated heterocycles.